The van der Waals surface area contributed by atoms with Gasteiger partial charge in [-0.15, -0.1) is 0 Å². The molecule has 1 N–H and O–H groups in total. The molecule has 0 unspecified atom stereocenters. The molecule has 16 heavy (non-hydrogen) atoms. The molecule has 1 saturated carbocycles. The molecule has 0 aromatic heterocycles. The molecule has 0 bridgehead atoms. The van der Waals surface area contributed by atoms with Crippen molar-refractivity contribution in [1.82, 2.24) is 0 Å². The van der Waals surface area contributed by atoms with Crippen LogP contribution in [0.3, 0.4) is 0 Å². The van der Waals surface area contributed by atoms with E-state index in [2.05, 4.69) is 23.5 Å². The summed E-state index contributed by atoms with van der Waals surface area (Å²) in [6.45, 7) is 1.15. The number of hydrogen-bond acceptors (Lipinski definition) is 1. The van der Waals surface area contributed by atoms with E-state index < -0.39 is 0 Å². The van der Waals surface area contributed by atoms with Gasteiger partial charge in [-0.25, -0.2) is 0 Å². The fourth-order valence-electron chi connectivity index (χ4n) is 3.17. The van der Waals surface area contributed by atoms with E-state index in [4.69, 9.17) is 0 Å². The van der Waals surface area contributed by atoms with Crippen LogP contribution in [0.15, 0.2) is 18.2 Å². The van der Waals surface area contributed by atoms with Crippen LogP contribution in [-0.4, -0.2) is 6.54 Å². The summed E-state index contributed by atoms with van der Waals surface area (Å²) in [5, 5.41) is 3.54. The first-order valence-electron chi connectivity index (χ1n) is 6.80. The number of anilines is 1. The second kappa shape index (κ2) is 4.48. The molecule has 2 aliphatic rings. The molecule has 0 spiro atoms. The summed E-state index contributed by atoms with van der Waals surface area (Å²) in [6.07, 6.45) is 9.64. The van der Waals surface area contributed by atoms with Crippen LogP contribution in [0, 0.1) is 0 Å². The number of benzene rings is 1. The summed E-state index contributed by atoms with van der Waals surface area (Å²) in [4.78, 5) is 0. The Kier molecular flexibility index (Phi) is 2.86. The lowest BCUT2D eigenvalue weighted by Gasteiger charge is -2.25. The van der Waals surface area contributed by atoms with Gasteiger partial charge in [0.15, 0.2) is 0 Å². The third kappa shape index (κ3) is 1.95. The zero-order valence-electron chi connectivity index (χ0n) is 9.97. The monoisotopic (exact) mass is 215 g/mol. The molecule has 1 aliphatic heterocycles. The van der Waals surface area contributed by atoms with E-state index >= 15 is 0 Å². The summed E-state index contributed by atoms with van der Waals surface area (Å²) in [7, 11) is 0. The van der Waals surface area contributed by atoms with E-state index in [1.165, 1.54) is 56.2 Å². The van der Waals surface area contributed by atoms with Crippen LogP contribution >= 0.6 is 0 Å². The highest BCUT2D eigenvalue weighted by Gasteiger charge is 2.17. The Morgan fingerprint density at radius 2 is 1.88 bits per heavy atom. The lowest BCUT2D eigenvalue weighted by atomic mass is 9.83. The first kappa shape index (κ1) is 10.2. The summed E-state index contributed by atoms with van der Waals surface area (Å²) in [6, 6.07) is 7.15. The molecule has 1 aliphatic carbocycles. The zero-order chi connectivity index (χ0) is 10.8. The topological polar surface area (TPSA) is 12.0 Å². The number of nitrogens with one attached hydrogen (secondary N) is 1. The summed E-state index contributed by atoms with van der Waals surface area (Å²) in [5.74, 6) is 0.836. The molecule has 0 amide bonds. The molecule has 0 radical (unpaired) electrons. The second-order valence-electron chi connectivity index (χ2n) is 5.28. The summed E-state index contributed by atoms with van der Waals surface area (Å²) < 4.78 is 0. The van der Waals surface area contributed by atoms with Crippen LogP contribution < -0.4 is 5.32 Å². The van der Waals surface area contributed by atoms with Gasteiger partial charge in [0.1, 0.15) is 0 Å². The highest BCUT2D eigenvalue weighted by atomic mass is 14.9. The second-order valence-corrected chi connectivity index (χ2v) is 5.28. The molecule has 1 heteroatoms. The molecule has 1 aromatic rings. The third-order valence-corrected chi connectivity index (χ3v) is 4.15. The van der Waals surface area contributed by atoms with Crippen LogP contribution in [-0.2, 0) is 6.42 Å². The molecule has 0 saturated heterocycles. The number of hydrogen-bond donors (Lipinski definition) is 1. The van der Waals surface area contributed by atoms with Crippen molar-refractivity contribution < 1.29 is 0 Å². The predicted octanol–water partition coefficient (Wildman–Crippen LogP) is 4.09. The molecule has 86 valence electrons. The molecule has 1 heterocycles. The van der Waals surface area contributed by atoms with E-state index in [0.717, 1.165) is 12.5 Å². The molecule has 1 fully saturated rings. The Hall–Kier alpha value is -0.980. The fraction of sp³-hybridized carbons (Fsp3) is 0.600. The molecular weight excluding hydrogens is 194 g/mol. The Labute approximate surface area is 98.3 Å². The van der Waals surface area contributed by atoms with E-state index in [1.54, 1.807) is 5.56 Å². The Morgan fingerprint density at radius 3 is 2.75 bits per heavy atom. The van der Waals surface area contributed by atoms with Crippen LogP contribution in [0.5, 0.6) is 0 Å². The van der Waals surface area contributed by atoms with E-state index in [-0.39, 0.29) is 0 Å². The van der Waals surface area contributed by atoms with Gasteiger partial charge < -0.3 is 5.32 Å². The van der Waals surface area contributed by atoms with Crippen molar-refractivity contribution in [3.8, 4) is 0 Å². The average molecular weight is 215 g/mol. The van der Waals surface area contributed by atoms with Gasteiger partial charge in [0.05, 0.1) is 0 Å². The van der Waals surface area contributed by atoms with Gasteiger partial charge in [0, 0.05) is 12.2 Å². The molecule has 3 rings (SSSR count). The first-order chi connectivity index (χ1) is 7.93. The lowest BCUT2D eigenvalue weighted by Crippen LogP contribution is -2.13. The smallest absolute Gasteiger partial charge is 0.0375 e. The van der Waals surface area contributed by atoms with E-state index in [1.807, 2.05) is 0 Å². The van der Waals surface area contributed by atoms with Crippen LogP contribution in [0.4, 0.5) is 5.69 Å². The maximum Gasteiger partial charge on any atom is 0.0375 e. The minimum absolute atomic E-state index is 0.836. The Bertz CT molecular complexity index is 364. The highest BCUT2D eigenvalue weighted by Crippen LogP contribution is 2.35. The maximum atomic E-state index is 3.54. The quantitative estimate of drug-likeness (QED) is 0.744. The average Bonchev–Trinajstić information content (AvgIpc) is 2.39. The lowest BCUT2D eigenvalue weighted by molar-refractivity contribution is 0.443. The fourth-order valence-corrected chi connectivity index (χ4v) is 3.17. The zero-order valence-corrected chi connectivity index (χ0v) is 9.97. The number of fused-ring (bicyclic) bond motifs is 1. The van der Waals surface area contributed by atoms with Gasteiger partial charge in [-0.05, 0) is 48.8 Å². The number of aryl methyl sites for hydroxylation is 1. The van der Waals surface area contributed by atoms with E-state index in [0.29, 0.717) is 0 Å². The Morgan fingerprint density at radius 1 is 1.00 bits per heavy atom. The van der Waals surface area contributed by atoms with Gasteiger partial charge in [-0.3, -0.25) is 0 Å². The van der Waals surface area contributed by atoms with Gasteiger partial charge in [-0.1, -0.05) is 31.4 Å². The third-order valence-electron chi connectivity index (χ3n) is 4.15. The predicted molar refractivity (Wildman–Crippen MR) is 69.1 cm³/mol. The molecular formula is C15H21N. The van der Waals surface area contributed by atoms with Crippen molar-refractivity contribution >= 4 is 5.69 Å². The van der Waals surface area contributed by atoms with Gasteiger partial charge in [0.25, 0.3) is 0 Å². The largest absolute Gasteiger partial charge is 0.385 e. The molecule has 0 atom stereocenters. The van der Waals surface area contributed by atoms with Crippen molar-refractivity contribution in [1.29, 1.82) is 0 Å². The van der Waals surface area contributed by atoms with Gasteiger partial charge in [0.2, 0.25) is 0 Å². The van der Waals surface area contributed by atoms with Gasteiger partial charge in [-0.2, -0.15) is 0 Å². The van der Waals surface area contributed by atoms with Crippen molar-refractivity contribution in [3.05, 3.63) is 29.3 Å². The SMILES string of the molecule is c1cc2c(cc1C1CCCCC1)NCCC2. The standard InChI is InChI=1S/C15H21N/c1-2-5-12(6-3-1)14-9-8-13-7-4-10-16-15(13)11-14/h8-9,11-12,16H,1-7,10H2. The minimum atomic E-state index is 0.836. The highest BCUT2D eigenvalue weighted by molar-refractivity contribution is 5.55. The Balaban J connectivity index is 1.84. The van der Waals surface area contributed by atoms with E-state index in [9.17, 15) is 0 Å². The van der Waals surface area contributed by atoms with Crippen molar-refractivity contribution in [2.75, 3.05) is 11.9 Å². The minimum Gasteiger partial charge on any atom is -0.385 e. The van der Waals surface area contributed by atoms with Crippen molar-refractivity contribution in [3.63, 3.8) is 0 Å². The van der Waals surface area contributed by atoms with Crippen molar-refractivity contribution in [2.24, 2.45) is 0 Å². The summed E-state index contributed by atoms with van der Waals surface area (Å²) in [5.41, 5.74) is 4.51. The first-order valence-corrected chi connectivity index (χ1v) is 6.80. The normalized spacial score (nSPS) is 21.2. The van der Waals surface area contributed by atoms with Crippen LogP contribution in [0.25, 0.3) is 0 Å². The molecule has 1 nitrogen and oxygen atoms in total. The van der Waals surface area contributed by atoms with Crippen LogP contribution in [0.2, 0.25) is 0 Å². The van der Waals surface area contributed by atoms with Crippen LogP contribution in [0.1, 0.15) is 55.6 Å². The molecule has 1 aromatic carbocycles. The summed E-state index contributed by atoms with van der Waals surface area (Å²) >= 11 is 0. The van der Waals surface area contributed by atoms with Gasteiger partial charge >= 0.3 is 0 Å². The maximum absolute atomic E-state index is 3.54. The van der Waals surface area contributed by atoms with Crippen molar-refractivity contribution in [2.45, 2.75) is 50.9 Å². The number of rotatable bonds is 1.